The number of benzene rings is 2. The van der Waals surface area contributed by atoms with E-state index in [-0.39, 0.29) is 24.6 Å². The van der Waals surface area contributed by atoms with E-state index in [2.05, 4.69) is 15.3 Å². The molecular formula is C20H18ClN3O3. The number of carbonyl (C=O) groups is 1. The molecule has 0 saturated carbocycles. The maximum atomic E-state index is 12.1. The molecule has 7 heteroatoms. The van der Waals surface area contributed by atoms with Crippen molar-refractivity contribution in [2.75, 3.05) is 6.61 Å². The first kappa shape index (κ1) is 18.7. The van der Waals surface area contributed by atoms with Crippen LogP contribution in [-0.2, 0) is 4.79 Å². The number of hydrogen-bond acceptors (Lipinski definition) is 5. The van der Waals surface area contributed by atoms with Gasteiger partial charge in [0.15, 0.2) is 6.61 Å². The van der Waals surface area contributed by atoms with E-state index in [1.54, 1.807) is 54.9 Å². The van der Waals surface area contributed by atoms with Gasteiger partial charge in [-0.3, -0.25) is 4.79 Å². The fraction of sp³-hybridized carbons (Fsp3) is 0.150. The van der Waals surface area contributed by atoms with Crippen molar-refractivity contribution < 1.29 is 14.3 Å². The van der Waals surface area contributed by atoms with Crippen LogP contribution in [0, 0.1) is 0 Å². The Balaban J connectivity index is 1.52. The van der Waals surface area contributed by atoms with E-state index in [0.717, 1.165) is 5.56 Å². The van der Waals surface area contributed by atoms with Gasteiger partial charge in [-0.05, 0) is 42.8 Å². The Morgan fingerprint density at radius 1 is 1.07 bits per heavy atom. The molecule has 6 nitrogen and oxygen atoms in total. The standard InChI is InChI=1S/C20H18ClN3O3/c1-14(15-6-8-16(21)9-7-15)24-19(25)13-26-17-4-2-5-18(12-17)27-20-22-10-3-11-23-20/h2-12,14H,13H2,1H3,(H,24,25). The SMILES string of the molecule is CC(NC(=O)COc1cccc(Oc2ncccn2)c1)c1ccc(Cl)cc1. The Bertz CT molecular complexity index is 888. The van der Waals surface area contributed by atoms with Gasteiger partial charge in [0.05, 0.1) is 6.04 Å². The van der Waals surface area contributed by atoms with Crippen LogP contribution in [0.1, 0.15) is 18.5 Å². The third-order valence-corrected chi connectivity index (χ3v) is 3.93. The Labute approximate surface area is 162 Å². The summed E-state index contributed by atoms with van der Waals surface area (Å²) >= 11 is 5.88. The summed E-state index contributed by atoms with van der Waals surface area (Å²) in [6.45, 7) is 1.79. The van der Waals surface area contributed by atoms with E-state index < -0.39 is 0 Å². The molecule has 0 aliphatic heterocycles. The summed E-state index contributed by atoms with van der Waals surface area (Å²) in [5, 5.41) is 3.54. The van der Waals surface area contributed by atoms with Crippen LogP contribution in [-0.4, -0.2) is 22.5 Å². The van der Waals surface area contributed by atoms with Crippen LogP contribution < -0.4 is 14.8 Å². The highest BCUT2D eigenvalue weighted by Gasteiger charge is 2.10. The molecule has 138 valence electrons. The van der Waals surface area contributed by atoms with Crippen molar-refractivity contribution in [3.05, 3.63) is 77.6 Å². The highest BCUT2D eigenvalue weighted by Crippen LogP contribution is 2.23. The van der Waals surface area contributed by atoms with Crippen LogP contribution in [0.2, 0.25) is 5.02 Å². The number of rotatable bonds is 7. The second-order valence-corrected chi connectivity index (χ2v) is 6.17. The van der Waals surface area contributed by atoms with Crippen molar-refractivity contribution in [2.24, 2.45) is 0 Å². The van der Waals surface area contributed by atoms with Crippen LogP contribution in [0.5, 0.6) is 17.5 Å². The summed E-state index contributed by atoms with van der Waals surface area (Å²) in [6.07, 6.45) is 3.18. The van der Waals surface area contributed by atoms with Gasteiger partial charge >= 0.3 is 6.01 Å². The molecule has 1 amide bonds. The number of hydrogen-bond donors (Lipinski definition) is 1. The predicted octanol–water partition coefficient (Wildman–Crippen LogP) is 4.18. The Morgan fingerprint density at radius 3 is 2.52 bits per heavy atom. The molecule has 1 atom stereocenters. The normalized spacial score (nSPS) is 11.5. The minimum Gasteiger partial charge on any atom is -0.484 e. The zero-order chi connectivity index (χ0) is 19.1. The molecule has 0 fully saturated rings. The zero-order valence-corrected chi connectivity index (χ0v) is 15.4. The quantitative estimate of drug-likeness (QED) is 0.662. The number of amides is 1. The molecule has 3 rings (SSSR count). The van der Waals surface area contributed by atoms with Crippen molar-refractivity contribution >= 4 is 17.5 Å². The van der Waals surface area contributed by atoms with E-state index in [1.807, 2.05) is 19.1 Å². The summed E-state index contributed by atoms with van der Waals surface area (Å²) in [7, 11) is 0. The summed E-state index contributed by atoms with van der Waals surface area (Å²) in [5.74, 6) is 0.807. The Kier molecular flexibility index (Phi) is 6.22. The van der Waals surface area contributed by atoms with Gasteiger partial charge in [0.2, 0.25) is 0 Å². The van der Waals surface area contributed by atoms with Crippen molar-refractivity contribution in [1.82, 2.24) is 15.3 Å². The topological polar surface area (TPSA) is 73.3 Å². The van der Waals surface area contributed by atoms with E-state index in [9.17, 15) is 4.79 Å². The molecule has 0 radical (unpaired) electrons. The lowest BCUT2D eigenvalue weighted by atomic mass is 10.1. The molecule has 1 heterocycles. The van der Waals surface area contributed by atoms with Gasteiger partial charge in [-0.1, -0.05) is 29.8 Å². The third-order valence-electron chi connectivity index (χ3n) is 3.67. The molecule has 0 bridgehead atoms. The lowest BCUT2D eigenvalue weighted by Crippen LogP contribution is -2.31. The minimum absolute atomic E-state index is 0.108. The van der Waals surface area contributed by atoms with Gasteiger partial charge in [-0.25, -0.2) is 9.97 Å². The average Bonchev–Trinajstić information content (AvgIpc) is 2.68. The molecule has 1 unspecified atom stereocenters. The van der Waals surface area contributed by atoms with Crippen LogP contribution in [0.3, 0.4) is 0 Å². The number of halogens is 1. The first-order valence-corrected chi connectivity index (χ1v) is 8.70. The number of ether oxygens (including phenoxy) is 2. The first-order valence-electron chi connectivity index (χ1n) is 8.33. The van der Waals surface area contributed by atoms with Crippen molar-refractivity contribution in [3.8, 4) is 17.5 Å². The summed E-state index contributed by atoms with van der Waals surface area (Å²) in [4.78, 5) is 20.1. The maximum absolute atomic E-state index is 12.1. The molecule has 0 saturated heterocycles. The van der Waals surface area contributed by atoms with E-state index in [0.29, 0.717) is 16.5 Å². The zero-order valence-electron chi connectivity index (χ0n) is 14.6. The maximum Gasteiger partial charge on any atom is 0.321 e. The average molecular weight is 384 g/mol. The van der Waals surface area contributed by atoms with Gasteiger partial charge in [0, 0.05) is 23.5 Å². The molecule has 1 N–H and O–H groups in total. The van der Waals surface area contributed by atoms with E-state index >= 15 is 0 Å². The lowest BCUT2D eigenvalue weighted by molar-refractivity contribution is -0.123. The highest BCUT2D eigenvalue weighted by atomic mass is 35.5. The van der Waals surface area contributed by atoms with E-state index in [1.165, 1.54) is 0 Å². The van der Waals surface area contributed by atoms with Gasteiger partial charge in [-0.2, -0.15) is 0 Å². The summed E-state index contributed by atoms with van der Waals surface area (Å²) in [6, 6.07) is 16.1. The fourth-order valence-corrected chi connectivity index (χ4v) is 2.46. The molecule has 27 heavy (non-hydrogen) atoms. The van der Waals surface area contributed by atoms with Gasteiger partial charge < -0.3 is 14.8 Å². The molecule has 2 aromatic carbocycles. The van der Waals surface area contributed by atoms with Gasteiger partial charge in [0.25, 0.3) is 5.91 Å². The van der Waals surface area contributed by atoms with Gasteiger partial charge in [0.1, 0.15) is 11.5 Å². The van der Waals surface area contributed by atoms with Crippen LogP contribution >= 0.6 is 11.6 Å². The lowest BCUT2D eigenvalue weighted by Gasteiger charge is -2.15. The molecule has 0 aliphatic carbocycles. The smallest absolute Gasteiger partial charge is 0.321 e. The first-order chi connectivity index (χ1) is 13.1. The minimum atomic E-state index is -0.227. The Hall–Kier alpha value is -3.12. The highest BCUT2D eigenvalue weighted by molar-refractivity contribution is 6.30. The summed E-state index contributed by atoms with van der Waals surface area (Å²) < 4.78 is 11.1. The molecule has 0 aliphatic rings. The predicted molar refractivity (Wildman–Crippen MR) is 102 cm³/mol. The molecule has 1 aromatic heterocycles. The molecule has 3 aromatic rings. The number of carbonyl (C=O) groups excluding carboxylic acids is 1. The molecule has 0 spiro atoms. The van der Waals surface area contributed by atoms with Crippen LogP contribution in [0.15, 0.2) is 67.0 Å². The van der Waals surface area contributed by atoms with Gasteiger partial charge in [-0.15, -0.1) is 0 Å². The van der Waals surface area contributed by atoms with Crippen LogP contribution in [0.4, 0.5) is 0 Å². The number of aromatic nitrogens is 2. The monoisotopic (exact) mass is 383 g/mol. The van der Waals surface area contributed by atoms with Crippen molar-refractivity contribution in [3.63, 3.8) is 0 Å². The fourth-order valence-electron chi connectivity index (χ4n) is 2.34. The van der Waals surface area contributed by atoms with Crippen molar-refractivity contribution in [2.45, 2.75) is 13.0 Å². The third kappa shape index (κ3) is 5.69. The number of nitrogens with one attached hydrogen (secondary N) is 1. The van der Waals surface area contributed by atoms with E-state index in [4.69, 9.17) is 21.1 Å². The molecular weight excluding hydrogens is 366 g/mol. The second-order valence-electron chi connectivity index (χ2n) is 5.74. The Morgan fingerprint density at radius 2 is 1.78 bits per heavy atom. The number of nitrogens with zero attached hydrogens (tertiary/aromatic N) is 2. The van der Waals surface area contributed by atoms with Crippen LogP contribution in [0.25, 0.3) is 0 Å². The second kappa shape index (κ2) is 9.00. The summed E-state index contributed by atoms with van der Waals surface area (Å²) in [5.41, 5.74) is 0.964. The van der Waals surface area contributed by atoms with Crippen molar-refractivity contribution in [1.29, 1.82) is 0 Å². The largest absolute Gasteiger partial charge is 0.484 e.